The number of imidazole rings is 1. The Morgan fingerprint density at radius 1 is 1.42 bits per heavy atom. The molecule has 2 aromatic rings. The third kappa shape index (κ3) is 2.86. The van der Waals surface area contributed by atoms with E-state index in [0.717, 1.165) is 42.3 Å². The fourth-order valence-corrected chi connectivity index (χ4v) is 3.65. The van der Waals surface area contributed by atoms with Gasteiger partial charge in [0.25, 0.3) is 0 Å². The molecule has 1 N–H and O–H groups in total. The summed E-state index contributed by atoms with van der Waals surface area (Å²) in [7, 11) is 1.97. The first-order valence-corrected chi connectivity index (χ1v) is 8.68. The Labute approximate surface area is 141 Å². The predicted molar refractivity (Wildman–Crippen MR) is 89.3 cm³/mol. The quantitative estimate of drug-likeness (QED) is 0.933. The fraction of sp³-hybridized carbons (Fsp3) is 0.556. The molecule has 1 aliphatic heterocycles. The summed E-state index contributed by atoms with van der Waals surface area (Å²) in [5.41, 5.74) is 2.06. The predicted octanol–water partition coefficient (Wildman–Crippen LogP) is 2.09. The van der Waals surface area contributed by atoms with Crippen LogP contribution in [0.2, 0.25) is 0 Å². The molecule has 1 saturated carbocycles. The number of nitrogens with zero attached hydrogens (tertiary/aromatic N) is 3. The molecule has 1 atom stereocenters. The van der Waals surface area contributed by atoms with E-state index in [1.165, 1.54) is 6.42 Å². The van der Waals surface area contributed by atoms with Crippen LogP contribution >= 0.6 is 0 Å². The maximum Gasteiger partial charge on any atom is 0.230 e. The lowest BCUT2D eigenvalue weighted by Gasteiger charge is -2.34. The van der Waals surface area contributed by atoms with Gasteiger partial charge in [-0.25, -0.2) is 4.98 Å². The van der Waals surface area contributed by atoms with E-state index in [1.54, 1.807) is 0 Å². The molecule has 0 saturated heterocycles. The summed E-state index contributed by atoms with van der Waals surface area (Å²) in [6, 6.07) is 4.34. The third-order valence-electron chi connectivity index (χ3n) is 5.15. The highest BCUT2D eigenvalue weighted by Crippen LogP contribution is 2.30. The smallest absolute Gasteiger partial charge is 0.230 e. The average molecular weight is 328 g/mol. The summed E-state index contributed by atoms with van der Waals surface area (Å²) in [5, 5.41) is 3.20. The van der Waals surface area contributed by atoms with Gasteiger partial charge < -0.3 is 14.3 Å². The first-order valence-electron chi connectivity index (χ1n) is 8.68. The van der Waals surface area contributed by atoms with Gasteiger partial charge >= 0.3 is 0 Å². The summed E-state index contributed by atoms with van der Waals surface area (Å²) in [6.45, 7) is 4.11. The molecule has 4 rings (SSSR count). The largest absolute Gasteiger partial charge is 0.465 e. The highest BCUT2D eigenvalue weighted by Gasteiger charge is 2.35. The number of hydrogen-bond donors (Lipinski definition) is 1. The molecule has 24 heavy (non-hydrogen) atoms. The average Bonchev–Trinajstić information content (AvgIpc) is 3.08. The van der Waals surface area contributed by atoms with E-state index < -0.39 is 0 Å². The van der Waals surface area contributed by atoms with E-state index in [2.05, 4.69) is 15.2 Å². The monoisotopic (exact) mass is 328 g/mol. The summed E-state index contributed by atoms with van der Waals surface area (Å²) in [4.78, 5) is 19.6. The lowest BCUT2D eigenvalue weighted by molar-refractivity contribution is -0.124. The lowest BCUT2D eigenvalue weighted by atomic mass is 9.91. The van der Waals surface area contributed by atoms with Gasteiger partial charge in [-0.05, 0) is 38.3 Å². The number of fused-ring (bicyclic) bond motifs is 1. The molecule has 2 aliphatic rings. The van der Waals surface area contributed by atoms with Crippen LogP contribution in [0.4, 0.5) is 0 Å². The number of carbonyl (C=O) groups excluding carboxylic acids is 1. The third-order valence-corrected chi connectivity index (χ3v) is 5.15. The second-order valence-corrected chi connectivity index (χ2v) is 7.06. The van der Waals surface area contributed by atoms with Gasteiger partial charge in [0.05, 0.1) is 30.2 Å². The molecule has 1 fully saturated rings. The van der Waals surface area contributed by atoms with Crippen molar-refractivity contribution < 1.29 is 9.21 Å². The molecule has 1 aliphatic carbocycles. The van der Waals surface area contributed by atoms with E-state index in [0.29, 0.717) is 19.1 Å². The Morgan fingerprint density at radius 3 is 2.92 bits per heavy atom. The SMILES string of the molecule is Cc1ccc(CN2Cc3ncn(C)c3[C@H](C(=O)NC3CCC3)C2)o1. The summed E-state index contributed by atoms with van der Waals surface area (Å²) < 4.78 is 7.69. The minimum absolute atomic E-state index is 0.130. The first-order chi connectivity index (χ1) is 11.6. The summed E-state index contributed by atoms with van der Waals surface area (Å²) >= 11 is 0. The fourth-order valence-electron chi connectivity index (χ4n) is 3.65. The zero-order valence-corrected chi connectivity index (χ0v) is 14.3. The van der Waals surface area contributed by atoms with Crippen LogP contribution in [-0.4, -0.2) is 32.9 Å². The van der Waals surface area contributed by atoms with Crippen molar-refractivity contribution in [1.82, 2.24) is 19.8 Å². The normalized spacial score (nSPS) is 21.3. The van der Waals surface area contributed by atoms with Gasteiger partial charge in [0.2, 0.25) is 5.91 Å². The van der Waals surface area contributed by atoms with Crippen molar-refractivity contribution in [3.05, 3.63) is 41.4 Å². The summed E-state index contributed by atoms with van der Waals surface area (Å²) in [6.07, 6.45) is 5.24. The maximum absolute atomic E-state index is 12.8. The van der Waals surface area contributed by atoms with Crippen molar-refractivity contribution in [2.75, 3.05) is 6.54 Å². The van der Waals surface area contributed by atoms with Gasteiger partial charge in [-0.1, -0.05) is 0 Å². The van der Waals surface area contributed by atoms with E-state index in [1.807, 2.05) is 37.0 Å². The van der Waals surface area contributed by atoms with Crippen LogP contribution in [0.1, 0.15) is 48.1 Å². The second kappa shape index (κ2) is 6.09. The van der Waals surface area contributed by atoms with Gasteiger partial charge in [-0.15, -0.1) is 0 Å². The number of amides is 1. The molecular weight excluding hydrogens is 304 g/mol. The molecule has 6 heteroatoms. The molecule has 0 bridgehead atoms. The molecule has 0 radical (unpaired) electrons. The van der Waals surface area contributed by atoms with Crippen LogP contribution in [0.25, 0.3) is 0 Å². The van der Waals surface area contributed by atoms with Crippen molar-refractivity contribution in [3.63, 3.8) is 0 Å². The molecule has 0 unspecified atom stereocenters. The van der Waals surface area contributed by atoms with Gasteiger partial charge in [0, 0.05) is 26.2 Å². The Morgan fingerprint density at radius 2 is 2.25 bits per heavy atom. The molecule has 3 heterocycles. The van der Waals surface area contributed by atoms with Gasteiger partial charge in [-0.2, -0.15) is 0 Å². The van der Waals surface area contributed by atoms with Gasteiger partial charge in [0.1, 0.15) is 11.5 Å². The molecule has 0 spiro atoms. The minimum atomic E-state index is -0.169. The number of hydrogen-bond acceptors (Lipinski definition) is 4. The number of rotatable bonds is 4. The zero-order chi connectivity index (χ0) is 16.7. The molecule has 2 aromatic heterocycles. The van der Waals surface area contributed by atoms with Crippen molar-refractivity contribution in [2.45, 2.75) is 51.2 Å². The van der Waals surface area contributed by atoms with Crippen LogP contribution in [0.3, 0.4) is 0 Å². The van der Waals surface area contributed by atoms with Crippen molar-refractivity contribution >= 4 is 5.91 Å². The van der Waals surface area contributed by atoms with E-state index in [-0.39, 0.29) is 11.8 Å². The Balaban J connectivity index is 1.54. The van der Waals surface area contributed by atoms with E-state index >= 15 is 0 Å². The Hall–Kier alpha value is -2.08. The Kier molecular flexibility index (Phi) is 3.92. The first kappa shape index (κ1) is 15.4. The minimum Gasteiger partial charge on any atom is -0.465 e. The van der Waals surface area contributed by atoms with Gasteiger partial charge in [-0.3, -0.25) is 9.69 Å². The summed E-state index contributed by atoms with van der Waals surface area (Å²) in [5.74, 6) is 1.81. The highest BCUT2D eigenvalue weighted by molar-refractivity contribution is 5.84. The molecule has 0 aromatic carbocycles. The number of carbonyl (C=O) groups is 1. The molecule has 128 valence electrons. The van der Waals surface area contributed by atoms with Crippen LogP contribution in [-0.2, 0) is 24.9 Å². The lowest BCUT2D eigenvalue weighted by Crippen LogP contribution is -2.46. The van der Waals surface area contributed by atoms with Crippen molar-refractivity contribution in [1.29, 1.82) is 0 Å². The Bertz CT molecular complexity index is 744. The van der Waals surface area contributed by atoms with E-state index in [9.17, 15) is 4.79 Å². The molecular formula is C18H24N4O2. The molecule has 1 amide bonds. The number of nitrogens with one attached hydrogen (secondary N) is 1. The van der Waals surface area contributed by atoms with Crippen LogP contribution in [0.15, 0.2) is 22.9 Å². The second-order valence-electron chi connectivity index (χ2n) is 7.06. The standard InChI is InChI=1S/C18H24N4O2/c1-12-6-7-14(24-12)8-22-9-15(18(23)20-13-4-3-5-13)17-16(10-22)19-11-21(17)2/h6-7,11,13,15H,3-5,8-10H2,1-2H3,(H,20,23)/t15-/m1/s1. The number of aromatic nitrogens is 2. The van der Waals surface area contributed by atoms with Gasteiger partial charge in [0.15, 0.2) is 0 Å². The van der Waals surface area contributed by atoms with Crippen LogP contribution in [0.5, 0.6) is 0 Å². The number of aryl methyl sites for hydroxylation is 2. The maximum atomic E-state index is 12.8. The molecule has 6 nitrogen and oxygen atoms in total. The van der Waals surface area contributed by atoms with Crippen LogP contribution < -0.4 is 5.32 Å². The van der Waals surface area contributed by atoms with Crippen molar-refractivity contribution in [2.24, 2.45) is 7.05 Å². The van der Waals surface area contributed by atoms with Crippen molar-refractivity contribution in [3.8, 4) is 0 Å². The topological polar surface area (TPSA) is 63.3 Å². The number of furan rings is 1. The van der Waals surface area contributed by atoms with Crippen LogP contribution in [0, 0.1) is 6.92 Å². The highest BCUT2D eigenvalue weighted by atomic mass is 16.3. The zero-order valence-electron chi connectivity index (χ0n) is 14.3. The van der Waals surface area contributed by atoms with E-state index in [4.69, 9.17) is 4.42 Å².